The van der Waals surface area contributed by atoms with Gasteiger partial charge in [0.05, 0.1) is 13.7 Å². The summed E-state index contributed by atoms with van der Waals surface area (Å²) in [4.78, 5) is 0. The number of hydrogen-bond acceptors (Lipinski definition) is 2. The Kier molecular flexibility index (Phi) is 4.03. The first-order valence-electron chi connectivity index (χ1n) is 9.09. The lowest BCUT2D eigenvalue weighted by molar-refractivity contribution is 0.0337. The lowest BCUT2D eigenvalue weighted by Gasteiger charge is -2.49. The molecule has 23 heavy (non-hydrogen) atoms. The molecule has 0 spiro atoms. The van der Waals surface area contributed by atoms with Gasteiger partial charge in [0, 0.05) is 5.92 Å². The molecule has 2 heteroatoms. The summed E-state index contributed by atoms with van der Waals surface area (Å²) in [7, 11) is 1.77. The molecule has 2 nitrogen and oxygen atoms in total. The Morgan fingerprint density at radius 3 is 2.48 bits per heavy atom. The lowest BCUT2D eigenvalue weighted by atomic mass is 9.55. The maximum atomic E-state index is 10.2. The van der Waals surface area contributed by atoms with Crippen LogP contribution in [0.1, 0.15) is 82.4 Å². The van der Waals surface area contributed by atoms with E-state index in [-0.39, 0.29) is 23.4 Å². The maximum absolute atomic E-state index is 10.2. The second-order valence-corrected chi connectivity index (χ2v) is 8.86. The Balaban J connectivity index is 2.23. The zero-order valence-electron chi connectivity index (χ0n) is 15.6. The fourth-order valence-corrected chi connectivity index (χ4v) is 5.80. The van der Waals surface area contributed by atoms with Gasteiger partial charge in [-0.25, -0.2) is 0 Å². The van der Waals surface area contributed by atoms with E-state index in [1.54, 1.807) is 7.11 Å². The fourth-order valence-electron chi connectivity index (χ4n) is 5.80. The molecule has 1 aromatic rings. The minimum Gasteiger partial charge on any atom is -0.496 e. The predicted octanol–water partition coefficient (Wildman–Crippen LogP) is 4.99. The Labute approximate surface area is 141 Å². The van der Waals surface area contributed by atoms with E-state index in [0.29, 0.717) is 11.8 Å². The lowest BCUT2D eigenvalue weighted by Crippen LogP contribution is -2.44. The third-order valence-corrected chi connectivity index (χ3v) is 6.68. The van der Waals surface area contributed by atoms with Crippen molar-refractivity contribution in [2.24, 2.45) is 11.3 Å². The molecule has 3 rings (SSSR count). The molecule has 2 aliphatic rings. The highest BCUT2D eigenvalue weighted by Gasteiger charge is 2.56. The molecule has 1 N–H and O–H groups in total. The van der Waals surface area contributed by atoms with Gasteiger partial charge in [-0.3, -0.25) is 0 Å². The Bertz CT molecular complexity index is 602. The standard InChI is InChI=1S/C21H32O2/c1-13(2)14-10-15-16(12-22)19-20(3,4)8-7-9-21(19,5)17(15)11-18(14)23-6/h10-11,13,16,19,22H,7-9,12H2,1-6H3/t16-,19-,21+/m0/s1. The van der Waals surface area contributed by atoms with Crippen LogP contribution in [-0.4, -0.2) is 18.8 Å². The van der Waals surface area contributed by atoms with E-state index in [2.05, 4.69) is 46.8 Å². The highest BCUT2D eigenvalue weighted by molar-refractivity contribution is 5.53. The molecule has 2 aliphatic carbocycles. The molecule has 1 fully saturated rings. The third-order valence-electron chi connectivity index (χ3n) is 6.68. The molecule has 0 bridgehead atoms. The number of aliphatic hydroxyl groups is 1. The normalized spacial score (nSPS) is 31.8. The number of hydrogen-bond donors (Lipinski definition) is 1. The molecule has 1 aromatic carbocycles. The van der Waals surface area contributed by atoms with Crippen molar-refractivity contribution in [2.45, 2.75) is 71.1 Å². The van der Waals surface area contributed by atoms with E-state index in [4.69, 9.17) is 4.74 Å². The molecule has 0 unspecified atom stereocenters. The number of benzene rings is 1. The van der Waals surface area contributed by atoms with Crippen molar-refractivity contribution in [1.82, 2.24) is 0 Å². The summed E-state index contributed by atoms with van der Waals surface area (Å²) >= 11 is 0. The van der Waals surface area contributed by atoms with Gasteiger partial charge in [0.1, 0.15) is 5.75 Å². The molecule has 0 amide bonds. The molecule has 0 heterocycles. The number of rotatable bonds is 3. The second-order valence-electron chi connectivity index (χ2n) is 8.86. The van der Waals surface area contributed by atoms with Gasteiger partial charge in [0.25, 0.3) is 0 Å². The van der Waals surface area contributed by atoms with E-state index in [0.717, 1.165) is 5.75 Å². The minimum atomic E-state index is 0.160. The van der Waals surface area contributed by atoms with Crippen molar-refractivity contribution in [3.63, 3.8) is 0 Å². The van der Waals surface area contributed by atoms with Gasteiger partial charge >= 0.3 is 0 Å². The van der Waals surface area contributed by atoms with Crippen molar-refractivity contribution >= 4 is 0 Å². The molecule has 0 aliphatic heterocycles. The molecule has 0 aromatic heterocycles. The summed E-state index contributed by atoms with van der Waals surface area (Å²) in [6.45, 7) is 11.9. The fraction of sp³-hybridized carbons (Fsp3) is 0.714. The molecule has 0 radical (unpaired) electrons. The molecule has 128 valence electrons. The molecule has 1 saturated carbocycles. The van der Waals surface area contributed by atoms with Gasteiger partial charge in [0.2, 0.25) is 0 Å². The predicted molar refractivity (Wildman–Crippen MR) is 95.4 cm³/mol. The third kappa shape index (κ3) is 2.33. The zero-order valence-corrected chi connectivity index (χ0v) is 15.6. The average Bonchev–Trinajstić information content (AvgIpc) is 2.75. The van der Waals surface area contributed by atoms with Crippen LogP contribution in [0.3, 0.4) is 0 Å². The van der Waals surface area contributed by atoms with Gasteiger partial charge in [-0.05, 0) is 58.3 Å². The van der Waals surface area contributed by atoms with Crippen molar-refractivity contribution in [3.05, 3.63) is 28.8 Å². The van der Waals surface area contributed by atoms with Crippen LogP contribution in [0.15, 0.2) is 12.1 Å². The van der Waals surface area contributed by atoms with E-state index < -0.39 is 0 Å². The van der Waals surface area contributed by atoms with Crippen LogP contribution < -0.4 is 4.74 Å². The van der Waals surface area contributed by atoms with Crippen LogP contribution in [0, 0.1) is 11.3 Å². The zero-order chi connectivity index (χ0) is 17.0. The summed E-state index contributed by atoms with van der Waals surface area (Å²) in [6, 6.07) is 4.62. The van der Waals surface area contributed by atoms with Crippen molar-refractivity contribution in [1.29, 1.82) is 0 Å². The summed E-state index contributed by atoms with van der Waals surface area (Å²) < 4.78 is 5.71. The maximum Gasteiger partial charge on any atom is 0.122 e. The smallest absolute Gasteiger partial charge is 0.122 e. The van der Waals surface area contributed by atoms with Gasteiger partial charge in [-0.15, -0.1) is 0 Å². The van der Waals surface area contributed by atoms with Crippen molar-refractivity contribution in [3.8, 4) is 5.75 Å². The minimum absolute atomic E-state index is 0.160. The summed E-state index contributed by atoms with van der Waals surface area (Å²) in [6.07, 6.45) is 3.74. The Morgan fingerprint density at radius 2 is 1.91 bits per heavy atom. The SMILES string of the molecule is COc1cc2c(cc1C(C)C)[C@H](CO)[C@H]1C(C)(C)CCC[C@]21C. The van der Waals surface area contributed by atoms with Crippen LogP contribution in [-0.2, 0) is 5.41 Å². The quantitative estimate of drug-likeness (QED) is 0.851. The number of aliphatic hydroxyl groups excluding tert-OH is 1. The highest BCUT2D eigenvalue weighted by Crippen LogP contribution is 2.63. The van der Waals surface area contributed by atoms with E-state index >= 15 is 0 Å². The first-order chi connectivity index (χ1) is 10.8. The molecule has 0 saturated heterocycles. The molecular weight excluding hydrogens is 284 g/mol. The Hall–Kier alpha value is -1.02. The first kappa shape index (κ1) is 16.8. The Morgan fingerprint density at radius 1 is 1.22 bits per heavy atom. The van der Waals surface area contributed by atoms with E-state index in [1.807, 2.05) is 0 Å². The summed E-state index contributed by atoms with van der Waals surface area (Å²) in [5.74, 6) is 2.21. The van der Waals surface area contributed by atoms with E-state index in [9.17, 15) is 5.11 Å². The summed E-state index contributed by atoms with van der Waals surface area (Å²) in [5, 5.41) is 10.2. The van der Waals surface area contributed by atoms with Crippen LogP contribution in [0.25, 0.3) is 0 Å². The topological polar surface area (TPSA) is 29.5 Å². The van der Waals surface area contributed by atoms with Gasteiger partial charge in [-0.1, -0.05) is 47.1 Å². The second kappa shape index (κ2) is 5.51. The first-order valence-corrected chi connectivity index (χ1v) is 9.09. The van der Waals surface area contributed by atoms with Crippen LogP contribution in [0.5, 0.6) is 5.75 Å². The van der Waals surface area contributed by atoms with Crippen LogP contribution in [0.4, 0.5) is 0 Å². The van der Waals surface area contributed by atoms with Crippen molar-refractivity contribution < 1.29 is 9.84 Å². The largest absolute Gasteiger partial charge is 0.496 e. The van der Waals surface area contributed by atoms with Crippen molar-refractivity contribution in [2.75, 3.05) is 13.7 Å². The van der Waals surface area contributed by atoms with E-state index in [1.165, 1.54) is 36.0 Å². The van der Waals surface area contributed by atoms with Crippen LogP contribution >= 0.6 is 0 Å². The van der Waals surface area contributed by atoms with Gasteiger partial charge < -0.3 is 9.84 Å². The molecule has 3 atom stereocenters. The van der Waals surface area contributed by atoms with Gasteiger partial charge in [-0.2, -0.15) is 0 Å². The number of methoxy groups -OCH3 is 1. The highest BCUT2D eigenvalue weighted by atomic mass is 16.5. The monoisotopic (exact) mass is 316 g/mol. The number of fused-ring (bicyclic) bond motifs is 3. The van der Waals surface area contributed by atoms with Crippen LogP contribution in [0.2, 0.25) is 0 Å². The molecular formula is C21H32O2. The average molecular weight is 316 g/mol. The number of ether oxygens (including phenoxy) is 1. The van der Waals surface area contributed by atoms with Gasteiger partial charge in [0.15, 0.2) is 0 Å². The summed E-state index contributed by atoms with van der Waals surface area (Å²) in [5.41, 5.74) is 4.50.